The van der Waals surface area contributed by atoms with E-state index in [0.717, 1.165) is 11.3 Å². The zero-order valence-electron chi connectivity index (χ0n) is 10.1. The van der Waals surface area contributed by atoms with E-state index in [1.165, 1.54) is 0 Å². The standard InChI is InChI=1S/C10H8Br2F6O2S/c11-7-5(19-3-1-9(13,14)15)6(8(12)21-7)20-4-2-10(16,17)18/h1-4H2. The first-order valence-electron chi connectivity index (χ1n) is 5.36. The minimum atomic E-state index is -4.38. The van der Waals surface area contributed by atoms with Gasteiger partial charge in [0, 0.05) is 0 Å². The molecule has 0 aromatic carbocycles. The van der Waals surface area contributed by atoms with Gasteiger partial charge in [0.05, 0.1) is 26.1 Å². The summed E-state index contributed by atoms with van der Waals surface area (Å²) in [5, 5.41) is 0. The quantitative estimate of drug-likeness (QED) is 0.484. The molecule has 0 N–H and O–H groups in total. The fraction of sp³-hybridized carbons (Fsp3) is 0.600. The third-order valence-corrected chi connectivity index (χ3v) is 4.43. The van der Waals surface area contributed by atoms with Crippen molar-refractivity contribution in [1.82, 2.24) is 0 Å². The van der Waals surface area contributed by atoms with Gasteiger partial charge in [-0.15, -0.1) is 11.3 Å². The van der Waals surface area contributed by atoms with Crippen molar-refractivity contribution in [2.24, 2.45) is 0 Å². The maximum Gasteiger partial charge on any atom is 0.392 e. The molecule has 2 nitrogen and oxygen atoms in total. The molecule has 0 radical (unpaired) electrons. The summed E-state index contributed by atoms with van der Waals surface area (Å²) in [6.07, 6.45) is -11.1. The van der Waals surface area contributed by atoms with E-state index in [1.54, 1.807) is 0 Å². The molecule has 0 fully saturated rings. The molecular formula is C10H8Br2F6O2S. The van der Waals surface area contributed by atoms with Gasteiger partial charge in [-0.2, -0.15) is 26.3 Å². The predicted octanol–water partition coefficient (Wildman–Crippen LogP) is 5.94. The molecule has 21 heavy (non-hydrogen) atoms. The summed E-state index contributed by atoms with van der Waals surface area (Å²) in [6.45, 7) is -1.30. The van der Waals surface area contributed by atoms with Crippen LogP contribution in [0.1, 0.15) is 12.8 Å². The van der Waals surface area contributed by atoms with Crippen LogP contribution in [0.2, 0.25) is 0 Å². The molecule has 0 aliphatic heterocycles. The van der Waals surface area contributed by atoms with Crippen LogP contribution < -0.4 is 9.47 Å². The van der Waals surface area contributed by atoms with E-state index >= 15 is 0 Å². The molecule has 122 valence electrons. The number of thiophene rings is 1. The molecule has 0 aliphatic carbocycles. The Bertz CT molecular complexity index is 431. The number of hydrogen-bond acceptors (Lipinski definition) is 3. The van der Waals surface area contributed by atoms with E-state index in [0.29, 0.717) is 7.57 Å². The summed E-state index contributed by atoms with van der Waals surface area (Å²) >= 11 is 7.15. The van der Waals surface area contributed by atoms with Crippen molar-refractivity contribution in [2.45, 2.75) is 25.2 Å². The molecule has 1 rings (SSSR count). The van der Waals surface area contributed by atoms with Crippen molar-refractivity contribution < 1.29 is 35.8 Å². The van der Waals surface area contributed by atoms with Gasteiger partial charge in [-0.05, 0) is 31.9 Å². The van der Waals surface area contributed by atoms with E-state index < -0.39 is 38.4 Å². The van der Waals surface area contributed by atoms with Crippen LogP contribution in [0.25, 0.3) is 0 Å². The van der Waals surface area contributed by atoms with Crippen molar-refractivity contribution in [3.8, 4) is 11.5 Å². The third kappa shape index (κ3) is 7.09. The van der Waals surface area contributed by atoms with E-state index in [1.807, 2.05) is 0 Å². The monoisotopic (exact) mass is 464 g/mol. The van der Waals surface area contributed by atoms with Gasteiger partial charge in [-0.3, -0.25) is 0 Å². The van der Waals surface area contributed by atoms with Gasteiger partial charge in [0.15, 0.2) is 11.5 Å². The van der Waals surface area contributed by atoms with Crippen LogP contribution in [-0.4, -0.2) is 25.6 Å². The van der Waals surface area contributed by atoms with Crippen LogP contribution in [0, 0.1) is 0 Å². The molecule has 11 heteroatoms. The van der Waals surface area contributed by atoms with Gasteiger partial charge in [-0.25, -0.2) is 0 Å². The number of halogens is 8. The first-order valence-corrected chi connectivity index (χ1v) is 7.77. The second-order valence-corrected chi connectivity index (χ2v) is 7.39. The highest BCUT2D eigenvalue weighted by Crippen LogP contribution is 2.49. The molecule has 0 unspecified atom stereocenters. The number of ether oxygens (including phenoxy) is 2. The van der Waals surface area contributed by atoms with Gasteiger partial charge in [0.2, 0.25) is 0 Å². The lowest BCUT2D eigenvalue weighted by Gasteiger charge is -2.12. The Morgan fingerprint density at radius 2 is 1.10 bits per heavy atom. The van der Waals surface area contributed by atoms with Gasteiger partial charge < -0.3 is 9.47 Å². The highest BCUT2D eigenvalue weighted by Gasteiger charge is 2.29. The molecule has 1 aromatic rings. The van der Waals surface area contributed by atoms with Gasteiger partial charge >= 0.3 is 12.4 Å². The Kier molecular flexibility index (Phi) is 6.66. The number of hydrogen-bond donors (Lipinski definition) is 0. The summed E-state index contributed by atoms with van der Waals surface area (Å²) in [5.41, 5.74) is 0. The van der Waals surface area contributed by atoms with Crippen molar-refractivity contribution in [3.05, 3.63) is 7.57 Å². The maximum absolute atomic E-state index is 12.0. The maximum atomic E-state index is 12.0. The SMILES string of the molecule is FC(F)(F)CCOc1c(Br)sc(Br)c1OCCC(F)(F)F. The van der Waals surface area contributed by atoms with E-state index in [9.17, 15) is 26.3 Å². The van der Waals surface area contributed by atoms with Gasteiger partial charge in [0.25, 0.3) is 0 Å². The molecule has 0 bridgehead atoms. The fourth-order valence-corrected chi connectivity index (χ4v) is 3.99. The van der Waals surface area contributed by atoms with Crippen molar-refractivity contribution >= 4 is 43.2 Å². The summed E-state index contributed by atoms with van der Waals surface area (Å²) < 4.78 is 82.8. The lowest BCUT2D eigenvalue weighted by molar-refractivity contribution is -0.141. The molecular weight excluding hydrogens is 458 g/mol. The Morgan fingerprint density at radius 1 is 0.762 bits per heavy atom. The number of alkyl halides is 6. The molecule has 0 atom stereocenters. The fourth-order valence-electron chi connectivity index (χ4n) is 1.13. The van der Waals surface area contributed by atoms with Crippen molar-refractivity contribution in [3.63, 3.8) is 0 Å². The van der Waals surface area contributed by atoms with Crippen molar-refractivity contribution in [1.29, 1.82) is 0 Å². The Hall–Kier alpha value is -0.160. The average Bonchev–Trinajstić information content (AvgIpc) is 2.52. The molecule has 1 heterocycles. The van der Waals surface area contributed by atoms with Crippen LogP contribution in [0.4, 0.5) is 26.3 Å². The zero-order valence-corrected chi connectivity index (χ0v) is 14.1. The molecule has 0 saturated carbocycles. The predicted molar refractivity (Wildman–Crippen MR) is 72.1 cm³/mol. The molecule has 0 aliphatic rings. The van der Waals surface area contributed by atoms with Crippen LogP contribution in [-0.2, 0) is 0 Å². The van der Waals surface area contributed by atoms with E-state index in [-0.39, 0.29) is 11.5 Å². The molecule has 0 spiro atoms. The van der Waals surface area contributed by atoms with Crippen molar-refractivity contribution in [2.75, 3.05) is 13.2 Å². The molecule has 1 aromatic heterocycles. The molecule has 0 amide bonds. The average molecular weight is 466 g/mol. The minimum absolute atomic E-state index is 0.0432. The lowest BCUT2D eigenvalue weighted by atomic mass is 10.4. The van der Waals surface area contributed by atoms with Crippen LogP contribution in [0.3, 0.4) is 0 Å². The summed E-state index contributed by atoms with van der Waals surface area (Å²) in [4.78, 5) is 0. The topological polar surface area (TPSA) is 18.5 Å². The first-order chi connectivity index (χ1) is 9.49. The summed E-state index contributed by atoms with van der Waals surface area (Å²) in [7, 11) is 0. The Balaban J connectivity index is 2.66. The normalized spacial score (nSPS) is 12.6. The van der Waals surface area contributed by atoms with Gasteiger partial charge in [-0.1, -0.05) is 0 Å². The van der Waals surface area contributed by atoms with Crippen LogP contribution in [0.5, 0.6) is 11.5 Å². The molecule has 0 saturated heterocycles. The van der Waals surface area contributed by atoms with Crippen LogP contribution >= 0.6 is 43.2 Å². The zero-order chi connectivity index (χ0) is 16.3. The third-order valence-electron chi connectivity index (χ3n) is 2.01. The minimum Gasteiger partial charge on any atom is -0.487 e. The van der Waals surface area contributed by atoms with Gasteiger partial charge in [0.1, 0.15) is 7.57 Å². The largest absolute Gasteiger partial charge is 0.487 e. The first kappa shape index (κ1) is 18.9. The van der Waals surface area contributed by atoms with E-state index in [2.05, 4.69) is 31.9 Å². The second-order valence-electron chi connectivity index (χ2n) is 3.73. The van der Waals surface area contributed by atoms with E-state index in [4.69, 9.17) is 9.47 Å². The highest BCUT2D eigenvalue weighted by atomic mass is 79.9. The highest BCUT2D eigenvalue weighted by molar-refractivity contribution is 9.12. The second kappa shape index (κ2) is 7.40. The Labute approximate surface area is 136 Å². The lowest BCUT2D eigenvalue weighted by Crippen LogP contribution is -2.14. The van der Waals surface area contributed by atoms with Crippen LogP contribution in [0.15, 0.2) is 7.57 Å². The number of rotatable bonds is 6. The smallest absolute Gasteiger partial charge is 0.392 e. The summed E-state index contributed by atoms with van der Waals surface area (Å²) in [5.74, 6) is -0.0865. The Morgan fingerprint density at radius 3 is 1.38 bits per heavy atom. The summed E-state index contributed by atoms with van der Waals surface area (Å²) in [6, 6.07) is 0.